The molecule has 278 valence electrons. The van der Waals surface area contributed by atoms with Crippen molar-refractivity contribution in [3.05, 3.63) is 101 Å². The second kappa shape index (κ2) is 17.9. The predicted molar refractivity (Wildman–Crippen MR) is 179 cm³/mol. The number of hydrogen-bond donors (Lipinski definition) is 3. The molecule has 2 heterocycles. The molecule has 0 aliphatic carbocycles. The minimum atomic E-state index is -4.95. The average Bonchev–Trinajstić information content (AvgIpc) is 3.12. The van der Waals surface area contributed by atoms with Gasteiger partial charge in [0.15, 0.2) is 0 Å². The van der Waals surface area contributed by atoms with Gasteiger partial charge in [-0.05, 0) is 48.2 Å². The van der Waals surface area contributed by atoms with Crippen LogP contribution in [0.1, 0.15) is 48.3 Å². The summed E-state index contributed by atoms with van der Waals surface area (Å²) in [6.07, 6.45) is -2.49. The fraction of sp³-hybridized carbons (Fsp3) is 0.297. The zero-order valence-corrected chi connectivity index (χ0v) is 28.0. The number of nitrogens with zero attached hydrogens (tertiary/aromatic N) is 3. The SMILES string of the molecule is N#Cc1ccc(-c2ccc(OC(F)(F)F)c(CN[C@H]3CCN(C(=O)CN4C(=O)CCCC4=O)C[C@H]3c3ccccc3)c2)c(F)c1.O=C(O)/C=C\C(=O)O. The topological polar surface area (TPSA) is 177 Å². The molecule has 3 N–H and O–H groups in total. The molecular formula is C37H34F4N4O8. The van der Waals surface area contributed by atoms with E-state index in [1.807, 2.05) is 36.4 Å². The van der Waals surface area contributed by atoms with Gasteiger partial charge in [0.25, 0.3) is 0 Å². The molecular weight excluding hydrogens is 704 g/mol. The van der Waals surface area contributed by atoms with E-state index in [0.29, 0.717) is 37.1 Å². The number of alkyl halides is 3. The zero-order valence-electron chi connectivity index (χ0n) is 28.0. The summed E-state index contributed by atoms with van der Waals surface area (Å²) in [7, 11) is 0. The van der Waals surface area contributed by atoms with Gasteiger partial charge >= 0.3 is 18.3 Å². The van der Waals surface area contributed by atoms with E-state index in [9.17, 15) is 41.5 Å². The fourth-order valence-corrected chi connectivity index (χ4v) is 5.98. The van der Waals surface area contributed by atoms with Crippen LogP contribution in [-0.2, 0) is 30.5 Å². The molecule has 53 heavy (non-hydrogen) atoms. The predicted octanol–water partition coefficient (Wildman–Crippen LogP) is 4.99. The van der Waals surface area contributed by atoms with E-state index in [2.05, 4.69) is 10.1 Å². The number of carboxylic acids is 2. The van der Waals surface area contributed by atoms with Crippen LogP contribution in [0.25, 0.3) is 11.1 Å². The Labute approximate surface area is 300 Å². The van der Waals surface area contributed by atoms with E-state index in [0.717, 1.165) is 22.6 Å². The molecule has 0 aromatic heterocycles. The van der Waals surface area contributed by atoms with Crippen LogP contribution in [0.3, 0.4) is 0 Å². The molecule has 2 aliphatic rings. The lowest BCUT2D eigenvalue weighted by Crippen LogP contribution is -2.53. The van der Waals surface area contributed by atoms with Gasteiger partial charge in [0.05, 0.1) is 11.6 Å². The van der Waals surface area contributed by atoms with Gasteiger partial charge in [-0.15, -0.1) is 13.2 Å². The molecule has 0 saturated carbocycles. The Hall–Kier alpha value is -6.08. The van der Waals surface area contributed by atoms with Gasteiger partial charge in [-0.2, -0.15) is 5.26 Å². The minimum absolute atomic E-state index is 0.0596. The molecule has 12 nitrogen and oxygen atoms in total. The monoisotopic (exact) mass is 738 g/mol. The minimum Gasteiger partial charge on any atom is -0.478 e. The molecule has 5 rings (SSSR count). The molecule has 2 saturated heterocycles. The van der Waals surface area contributed by atoms with Crippen molar-refractivity contribution in [2.24, 2.45) is 0 Å². The number of rotatable bonds is 10. The number of piperidine rings is 2. The Bertz CT molecular complexity index is 1880. The first-order chi connectivity index (χ1) is 25.1. The molecule has 2 atom stereocenters. The highest BCUT2D eigenvalue weighted by Gasteiger charge is 2.36. The third kappa shape index (κ3) is 11.5. The highest BCUT2D eigenvalue weighted by atomic mass is 19.4. The third-order valence-corrected chi connectivity index (χ3v) is 8.49. The van der Waals surface area contributed by atoms with Crippen LogP contribution >= 0.6 is 0 Å². The standard InChI is InChI=1S/C33H30F4N4O4.C4H4O4/c34-27-15-21(17-38)9-11-25(27)23-10-12-29(45-33(35,36)37)24(16-23)18-39-28-13-14-40(19-26(28)22-5-2-1-3-6-22)32(44)20-41-30(42)7-4-8-31(41)43;5-3(6)1-2-4(7)8/h1-3,5-6,9-12,15-16,26,28,39H,4,7-8,13-14,18-20H2;1-2H,(H,5,6)(H,7,8)/b;2-1-/t26-,28-;/m0./s1. The maximum Gasteiger partial charge on any atom is 0.573 e. The van der Waals surface area contributed by atoms with Crippen LogP contribution in [0.4, 0.5) is 17.6 Å². The Morgan fingerprint density at radius 2 is 1.62 bits per heavy atom. The molecule has 0 spiro atoms. The summed E-state index contributed by atoms with van der Waals surface area (Å²) >= 11 is 0. The van der Waals surface area contributed by atoms with Crippen LogP contribution in [0.5, 0.6) is 5.75 Å². The summed E-state index contributed by atoms with van der Waals surface area (Å²) in [6, 6.07) is 18.7. The lowest BCUT2D eigenvalue weighted by molar-refractivity contribution is -0.275. The molecule has 2 aliphatic heterocycles. The first-order valence-corrected chi connectivity index (χ1v) is 16.3. The second-order valence-electron chi connectivity index (χ2n) is 12.0. The lowest BCUT2D eigenvalue weighted by atomic mass is 9.85. The Morgan fingerprint density at radius 1 is 0.962 bits per heavy atom. The maximum atomic E-state index is 14.8. The lowest BCUT2D eigenvalue weighted by Gasteiger charge is -2.40. The third-order valence-electron chi connectivity index (χ3n) is 8.49. The number of likely N-dealkylation sites (tertiary alicyclic amines) is 2. The number of aliphatic carboxylic acids is 2. The van der Waals surface area contributed by atoms with Gasteiger partial charge < -0.3 is 25.2 Å². The van der Waals surface area contributed by atoms with Crippen LogP contribution in [-0.4, -0.2) is 81.7 Å². The number of carbonyl (C=O) groups excluding carboxylic acids is 3. The van der Waals surface area contributed by atoms with Crippen molar-refractivity contribution < 1.29 is 56.5 Å². The molecule has 0 radical (unpaired) electrons. The highest BCUT2D eigenvalue weighted by molar-refractivity contribution is 6.00. The van der Waals surface area contributed by atoms with E-state index in [-0.39, 0.29) is 78.8 Å². The van der Waals surface area contributed by atoms with E-state index < -0.39 is 29.9 Å². The fourth-order valence-electron chi connectivity index (χ4n) is 5.98. The summed E-state index contributed by atoms with van der Waals surface area (Å²) in [5.41, 5.74) is 1.58. The van der Waals surface area contributed by atoms with Gasteiger partial charge in [0.2, 0.25) is 17.7 Å². The number of amides is 3. The molecule has 3 amide bonds. The quantitative estimate of drug-likeness (QED) is 0.146. The van der Waals surface area contributed by atoms with Crippen molar-refractivity contribution in [1.29, 1.82) is 5.26 Å². The van der Waals surface area contributed by atoms with E-state index >= 15 is 0 Å². The van der Waals surface area contributed by atoms with Crippen molar-refractivity contribution in [3.8, 4) is 22.9 Å². The molecule has 3 aromatic carbocycles. The number of hydrogen-bond acceptors (Lipinski definition) is 8. The molecule has 0 unspecified atom stereocenters. The highest BCUT2D eigenvalue weighted by Crippen LogP contribution is 2.34. The normalized spacial score (nSPS) is 17.5. The first-order valence-electron chi connectivity index (χ1n) is 16.3. The zero-order chi connectivity index (χ0) is 38.7. The van der Waals surface area contributed by atoms with E-state index in [1.165, 1.54) is 24.3 Å². The van der Waals surface area contributed by atoms with Crippen molar-refractivity contribution in [3.63, 3.8) is 0 Å². The summed E-state index contributed by atoms with van der Waals surface area (Å²) < 4.78 is 58.9. The average molecular weight is 739 g/mol. The smallest absolute Gasteiger partial charge is 0.478 e. The van der Waals surface area contributed by atoms with Crippen LogP contribution in [0.2, 0.25) is 0 Å². The van der Waals surface area contributed by atoms with Crippen LogP contribution < -0.4 is 10.1 Å². The Balaban J connectivity index is 0.000000703. The number of carboxylic acid groups (broad SMARTS) is 2. The Morgan fingerprint density at radius 3 is 2.21 bits per heavy atom. The van der Waals surface area contributed by atoms with Crippen molar-refractivity contribution in [2.75, 3.05) is 19.6 Å². The van der Waals surface area contributed by atoms with Gasteiger partial charge in [-0.3, -0.25) is 19.3 Å². The summed E-state index contributed by atoms with van der Waals surface area (Å²) in [6.45, 7) is 0.182. The van der Waals surface area contributed by atoms with Gasteiger partial charge in [0.1, 0.15) is 18.1 Å². The first kappa shape index (κ1) is 39.7. The second-order valence-corrected chi connectivity index (χ2v) is 12.0. The van der Waals surface area contributed by atoms with E-state index in [1.54, 1.807) is 4.90 Å². The number of imide groups is 1. The maximum absolute atomic E-state index is 14.8. The molecule has 3 aromatic rings. The number of nitrogens with one attached hydrogen (secondary N) is 1. The number of carbonyl (C=O) groups is 5. The van der Waals surface area contributed by atoms with E-state index in [4.69, 9.17) is 15.5 Å². The van der Waals surface area contributed by atoms with Crippen molar-refractivity contribution in [1.82, 2.24) is 15.1 Å². The molecule has 2 fully saturated rings. The number of nitriles is 1. The number of benzene rings is 3. The van der Waals surface area contributed by atoms with Crippen LogP contribution in [0, 0.1) is 17.1 Å². The van der Waals surface area contributed by atoms with Gasteiger partial charge in [-0.25, -0.2) is 14.0 Å². The summed E-state index contributed by atoms with van der Waals surface area (Å²) in [5, 5.41) is 28.0. The molecule has 0 bridgehead atoms. The summed E-state index contributed by atoms with van der Waals surface area (Å²) in [5.74, 6) is -4.98. The largest absolute Gasteiger partial charge is 0.573 e. The van der Waals surface area contributed by atoms with Gasteiger partial charge in [0, 0.05) is 67.7 Å². The number of ether oxygens (including phenoxy) is 1. The Kier molecular flexibility index (Phi) is 13.4. The van der Waals surface area contributed by atoms with Crippen molar-refractivity contribution in [2.45, 2.75) is 50.6 Å². The summed E-state index contributed by atoms with van der Waals surface area (Å²) in [4.78, 5) is 59.5. The van der Waals surface area contributed by atoms with Crippen LogP contribution in [0.15, 0.2) is 78.9 Å². The molecule has 16 heteroatoms. The van der Waals surface area contributed by atoms with Crippen molar-refractivity contribution >= 4 is 29.7 Å². The van der Waals surface area contributed by atoms with Gasteiger partial charge in [-0.1, -0.05) is 42.5 Å². The number of halogens is 4.